The first kappa shape index (κ1) is 67.4. The van der Waals surface area contributed by atoms with Gasteiger partial charge in [0, 0.05) is 106 Å². The number of furan rings is 7. The fourth-order valence-corrected chi connectivity index (χ4v) is 13.0. The van der Waals surface area contributed by atoms with Crippen molar-refractivity contribution >= 4 is 154 Å². The van der Waals surface area contributed by atoms with E-state index >= 15 is 0 Å². The van der Waals surface area contributed by atoms with E-state index in [-0.39, 0.29) is 0 Å². The van der Waals surface area contributed by atoms with Gasteiger partial charge < -0.3 is 30.9 Å². The standard InChI is InChI=1S/2C13H10O.5C12H9NO.C7H8/c1-9-5-4-7-11-10-6-2-3-8-12(10)14-13(9)11;1-9-6-7-13-11(8-9)10-4-2-3-5-12(10)14-13;1-8-4-2-5-9-10-6-3-7-13-12(10)14-11(8)9;1-8-2-3-11-10(6-8)9-4-5-13-7-12(9)14-11;1-8-4-5-11-10(7-8)9-3-2-6-13-12(9)14-11;1-8-3-2-4-10-9-5-6-13-7-11(9)14-12(8)10;1-8-6-10-9-4-2-3-5-11(9)14-12(10)13-7-8;1-7-5-3-2-4-6-7/h2*2-8H,1H3;5*2-7H,1H3;2-6H,1H3. The van der Waals surface area contributed by atoms with Gasteiger partial charge in [-0.3, -0.25) is 9.97 Å². The number of fused-ring (bicyclic) bond motifs is 21. The highest BCUT2D eigenvalue weighted by Gasteiger charge is 2.13. The second-order valence-electron chi connectivity index (χ2n) is 26.0. The molecule has 0 atom stereocenters. The van der Waals surface area contributed by atoms with Crippen LogP contribution in [0, 0.1) is 55.4 Å². The Morgan fingerprint density at radius 2 is 0.533 bits per heavy atom. The fourth-order valence-electron chi connectivity index (χ4n) is 13.0. The predicted octanol–water partition coefficient (Wildman–Crippen LogP) is 26.2. The van der Waals surface area contributed by atoms with Gasteiger partial charge in [-0.15, -0.1) is 0 Å². The maximum atomic E-state index is 5.78. The van der Waals surface area contributed by atoms with Crippen molar-refractivity contribution in [3.05, 3.63) is 343 Å². The lowest BCUT2D eigenvalue weighted by atomic mass is 10.1. The molecule has 0 saturated carbocycles. The third-order valence-electron chi connectivity index (χ3n) is 18.2. The van der Waals surface area contributed by atoms with Crippen molar-refractivity contribution in [2.75, 3.05) is 0 Å². The van der Waals surface area contributed by atoms with E-state index in [1.54, 1.807) is 37.2 Å². The first-order valence-corrected chi connectivity index (χ1v) is 34.8. The summed E-state index contributed by atoms with van der Waals surface area (Å²) in [6.07, 6.45) is 12.4. The molecule has 0 bridgehead atoms. The number of para-hydroxylation sites is 6. The molecule has 12 heterocycles. The summed E-state index contributed by atoms with van der Waals surface area (Å²) >= 11 is 0. The molecule has 22 aromatic rings. The van der Waals surface area contributed by atoms with Gasteiger partial charge in [0.05, 0.1) is 12.4 Å². The van der Waals surface area contributed by atoms with Crippen molar-refractivity contribution in [1.82, 2.24) is 24.9 Å². The highest BCUT2D eigenvalue weighted by atomic mass is 16.4. The van der Waals surface area contributed by atoms with Crippen LogP contribution in [0.25, 0.3) is 154 Å². The maximum absolute atomic E-state index is 5.78. The van der Waals surface area contributed by atoms with E-state index in [0.29, 0.717) is 5.71 Å². The average molecular weight is 1370 g/mol. The quantitative estimate of drug-likeness (QED) is 0.142. The van der Waals surface area contributed by atoms with Gasteiger partial charge >= 0.3 is 0 Å². The van der Waals surface area contributed by atoms with Crippen molar-refractivity contribution in [1.29, 1.82) is 0 Å². The summed E-state index contributed by atoms with van der Waals surface area (Å²) < 4.78 is 39.7. The molecule has 0 unspecified atom stereocenters. The van der Waals surface area contributed by atoms with Crippen LogP contribution in [-0.2, 0) is 0 Å². The third-order valence-corrected chi connectivity index (χ3v) is 18.2. The molecule has 0 radical (unpaired) electrons. The Morgan fingerprint density at radius 1 is 0.190 bits per heavy atom. The summed E-state index contributed by atoms with van der Waals surface area (Å²) in [6, 6.07) is 85.8. The molecule has 0 aliphatic heterocycles. The van der Waals surface area contributed by atoms with Crippen LogP contribution in [0.2, 0.25) is 0 Å². The summed E-state index contributed by atoms with van der Waals surface area (Å²) in [4.78, 5) is 20.7. The van der Waals surface area contributed by atoms with Crippen LogP contribution in [0.15, 0.2) is 329 Å². The molecule has 10 aromatic carbocycles. The first-order valence-electron chi connectivity index (χ1n) is 34.8. The lowest BCUT2D eigenvalue weighted by molar-refractivity contribution is 0.651. The van der Waals surface area contributed by atoms with E-state index in [1.165, 1.54) is 65.7 Å². The first-order chi connectivity index (χ1) is 51.3. The largest absolute Gasteiger partial charge is 0.456 e. The minimum Gasteiger partial charge on any atom is -0.456 e. The van der Waals surface area contributed by atoms with Crippen LogP contribution in [-0.4, -0.2) is 24.9 Å². The number of aryl methyl sites for hydroxylation is 8. The van der Waals surface area contributed by atoms with Crippen LogP contribution in [0.3, 0.4) is 0 Å². The van der Waals surface area contributed by atoms with Gasteiger partial charge in [-0.05, 0) is 175 Å². The van der Waals surface area contributed by atoms with Gasteiger partial charge in [-0.25, -0.2) is 15.0 Å². The minimum atomic E-state index is 0.716. The molecule has 12 aromatic heterocycles. The third kappa shape index (κ3) is 14.5. The number of hydrogen-bond acceptors (Lipinski definition) is 12. The highest BCUT2D eigenvalue weighted by Crippen LogP contribution is 2.35. The van der Waals surface area contributed by atoms with E-state index in [1.807, 2.05) is 172 Å². The van der Waals surface area contributed by atoms with Crippen LogP contribution < -0.4 is 0 Å². The number of rotatable bonds is 0. The number of benzene rings is 10. The second-order valence-corrected chi connectivity index (χ2v) is 26.0. The SMILES string of the molecule is Cc1ccc2oc3ccccc3c2c1.Cc1ccc2oc3cnccc3c2c1.Cc1ccc2oc3ncccc3c2c1.Cc1cccc2c1oc1ccccc12.Cc1cccc2c1oc1cnccc12.Cc1cccc2c1oc1ncccc12.Cc1ccccc1.Cc1cnc2oc3ccccc3c2c1. The van der Waals surface area contributed by atoms with Crippen molar-refractivity contribution in [3.8, 4) is 0 Å². The molecule has 105 heavy (non-hydrogen) atoms. The lowest BCUT2D eigenvalue weighted by Crippen LogP contribution is -1.75. The summed E-state index contributed by atoms with van der Waals surface area (Å²) in [5.41, 5.74) is 22.2. The summed E-state index contributed by atoms with van der Waals surface area (Å²) in [5, 5.41) is 16.1. The van der Waals surface area contributed by atoms with Crippen molar-refractivity contribution in [2.45, 2.75) is 55.4 Å². The zero-order chi connectivity index (χ0) is 71.9. The second kappa shape index (κ2) is 30.0. The molecule has 0 saturated heterocycles. The molecular formula is C93H73N5O7. The topological polar surface area (TPSA) is 156 Å². The van der Waals surface area contributed by atoms with Gasteiger partial charge in [-0.2, -0.15) is 0 Å². The van der Waals surface area contributed by atoms with Crippen LogP contribution in [0.1, 0.15) is 44.5 Å². The van der Waals surface area contributed by atoms with Gasteiger partial charge in [0.1, 0.15) is 50.2 Å². The van der Waals surface area contributed by atoms with E-state index < -0.39 is 0 Å². The molecule has 22 rings (SSSR count). The Kier molecular flexibility index (Phi) is 19.3. The van der Waals surface area contributed by atoms with Crippen molar-refractivity contribution < 1.29 is 30.9 Å². The molecule has 0 amide bonds. The Labute approximate surface area is 604 Å². The van der Waals surface area contributed by atoms with Crippen LogP contribution in [0.4, 0.5) is 0 Å². The Morgan fingerprint density at radius 3 is 1.07 bits per heavy atom. The summed E-state index contributed by atoms with van der Waals surface area (Å²) in [7, 11) is 0. The number of pyridine rings is 5. The van der Waals surface area contributed by atoms with Gasteiger partial charge in [0.2, 0.25) is 17.1 Å². The average Bonchev–Trinajstić information content (AvgIpc) is 1.67. The Bertz CT molecular complexity index is 6060. The van der Waals surface area contributed by atoms with Gasteiger partial charge in [0.15, 0.2) is 11.2 Å². The molecule has 0 spiro atoms. The molecule has 0 N–H and O–H groups in total. The fraction of sp³-hybridized carbons (Fsp3) is 0.0860. The highest BCUT2D eigenvalue weighted by molar-refractivity contribution is 6.09. The van der Waals surface area contributed by atoms with Gasteiger partial charge in [-0.1, -0.05) is 180 Å². The van der Waals surface area contributed by atoms with E-state index in [0.717, 1.165) is 127 Å². The predicted molar refractivity (Wildman–Crippen MR) is 429 cm³/mol. The summed E-state index contributed by atoms with van der Waals surface area (Å²) in [6.45, 7) is 16.6. The smallest absolute Gasteiger partial charge is 0.227 e. The van der Waals surface area contributed by atoms with Crippen molar-refractivity contribution in [3.63, 3.8) is 0 Å². The molecule has 12 nitrogen and oxygen atoms in total. The molecule has 512 valence electrons. The van der Waals surface area contributed by atoms with Gasteiger partial charge in [0.25, 0.3) is 0 Å². The van der Waals surface area contributed by atoms with Crippen molar-refractivity contribution in [2.24, 2.45) is 0 Å². The number of nitrogens with zero attached hydrogens (tertiary/aromatic N) is 5. The molecule has 12 heteroatoms. The van der Waals surface area contributed by atoms with E-state index in [9.17, 15) is 0 Å². The number of hydrogen-bond donors (Lipinski definition) is 0. The Balaban J connectivity index is 0.0000000969. The molecule has 0 fully saturated rings. The monoisotopic (exact) mass is 1370 g/mol. The molecular weight excluding hydrogens is 1300 g/mol. The minimum absolute atomic E-state index is 0.716. The van der Waals surface area contributed by atoms with Crippen LogP contribution >= 0.6 is 0 Å². The number of aromatic nitrogens is 5. The normalized spacial score (nSPS) is 11.0. The van der Waals surface area contributed by atoms with Crippen LogP contribution in [0.5, 0.6) is 0 Å². The van der Waals surface area contributed by atoms with E-state index in [2.05, 4.69) is 170 Å². The molecule has 0 aliphatic carbocycles. The van der Waals surface area contributed by atoms with E-state index in [4.69, 9.17) is 30.9 Å². The zero-order valence-corrected chi connectivity index (χ0v) is 59.4. The zero-order valence-electron chi connectivity index (χ0n) is 59.4. The molecule has 0 aliphatic rings. The maximum Gasteiger partial charge on any atom is 0.227 e. The lowest BCUT2D eigenvalue weighted by Gasteiger charge is -1.91. The summed E-state index contributed by atoms with van der Waals surface area (Å²) in [5.74, 6) is 0. The Hall–Kier alpha value is -13.5.